The van der Waals surface area contributed by atoms with Crippen molar-refractivity contribution < 1.29 is 38.1 Å². The topological polar surface area (TPSA) is 112 Å². The lowest BCUT2D eigenvalue weighted by molar-refractivity contribution is -0.303. The van der Waals surface area contributed by atoms with Crippen LogP contribution >= 0.6 is 0 Å². The van der Waals surface area contributed by atoms with Gasteiger partial charge in [-0.15, -0.1) is 0 Å². The molecule has 1 aromatic heterocycles. The fourth-order valence-electron chi connectivity index (χ4n) is 8.08. The number of esters is 2. The Morgan fingerprint density at radius 3 is 2.60 bits per heavy atom. The van der Waals surface area contributed by atoms with E-state index in [4.69, 9.17) is 18.6 Å². The van der Waals surface area contributed by atoms with Gasteiger partial charge in [-0.05, 0) is 30.4 Å². The SMILES string of the molecule is C=C1C2CC[C@@]3(C)[C@H](c4ccoc4)OC(=O)C[C@]13O[C@H]1CC(=O)C(C)(C)[C@H]([C@@H](O)C(=O)OC)[C@@]21C. The highest BCUT2D eigenvalue weighted by molar-refractivity contribution is 5.88. The first kappa shape index (κ1) is 24.3. The van der Waals surface area contributed by atoms with Gasteiger partial charge in [0.2, 0.25) is 0 Å². The van der Waals surface area contributed by atoms with E-state index in [1.807, 2.05) is 6.92 Å². The van der Waals surface area contributed by atoms with Crippen molar-refractivity contribution >= 4 is 17.7 Å². The Labute approximate surface area is 205 Å². The maximum atomic E-state index is 13.4. The highest BCUT2D eigenvalue weighted by atomic mass is 16.6. The second-order valence-corrected chi connectivity index (χ2v) is 11.7. The van der Waals surface area contributed by atoms with E-state index in [-0.39, 0.29) is 24.5 Å². The summed E-state index contributed by atoms with van der Waals surface area (Å²) < 4.78 is 23.0. The van der Waals surface area contributed by atoms with E-state index in [1.165, 1.54) is 7.11 Å². The van der Waals surface area contributed by atoms with Crippen molar-refractivity contribution in [1.82, 2.24) is 0 Å². The minimum Gasteiger partial charge on any atom is -0.472 e. The van der Waals surface area contributed by atoms with E-state index in [0.29, 0.717) is 12.8 Å². The highest BCUT2D eigenvalue weighted by Gasteiger charge is 2.74. The van der Waals surface area contributed by atoms with Gasteiger partial charge in [0.25, 0.3) is 0 Å². The molecule has 4 fully saturated rings. The van der Waals surface area contributed by atoms with E-state index < -0.39 is 58.0 Å². The predicted octanol–water partition coefficient (Wildman–Crippen LogP) is 3.53. The van der Waals surface area contributed by atoms with Crippen LogP contribution in [-0.4, -0.2) is 47.7 Å². The molecular weight excluding hydrogens is 452 g/mol. The molecule has 0 radical (unpaired) electrons. The number of rotatable bonds is 3. The number of hydrogen-bond acceptors (Lipinski definition) is 8. The summed E-state index contributed by atoms with van der Waals surface area (Å²) in [4.78, 5) is 39.0. The summed E-state index contributed by atoms with van der Waals surface area (Å²) in [6.07, 6.45) is 1.91. The number of cyclic esters (lactones) is 1. The van der Waals surface area contributed by atoms with Crippen molar-refractivity contribution in [3.8, 4) is 0 Å². The Hall–Kier alpha value is -2.45. The second-order valence-electron chi connectivity index (χ2n) is 11.7. The summed E-state index contributed by atoms with van der Waals surface area (Å²) in [6, 6.07) is 1.79. The molecule has 4 aliphatic rings. The molecule has 190 valence electrons. The average molecular weight is 487 g/mol. The number of furan rings is 1. The monoisotopic (exact) mass is 486 g/mol. The molecule has 35 heavy (non-hydrogen) atoms. The standard InChI is InChI=1S/C27H34O8/c1-14-16-7-9-25(4)22(15-8-10-33-13-15)34-19(29)12-27(14,25)35-18-11-17(28)24(2,3)21(26(16,18)5)20(30)23(31)32-6/h8,10,13,16,18,20-22,30H,1,7,9,11-12H2,2-6H3/t16?,18-,20+,21-,22-,25-,26-,27-/m0/s1. The molecule has 2 bridgehead atoms. The summed E-state index contributed by atoms with van der Waals surface area (Å²) in [7, 11) is 1.23. The predicted molar refractivity (Wildman–Crippen MR) is 123 cm³/mol. The van der Waals surface area contributed by atoms with Gasteiger partial charge in [0.05, 0.1) is 32.2 Å². The molecular formula is C27H34O8. The lowest BCUT2D eigenvalue weighted by Gasteiger charge is -2.70. The molecule has 1 N–H and O–H groups in total. The van der Waals surface area contributed by atoms with Gasteiger partial charge in [0, 0.05) is 34.1 Å². The van der Waals surface area contributed by atoms with Crippen LogP contribution in [0.5, 0.6) is 0 Å². The van der Waals surface area contributed by atoms with Crippen LogP contribution in [0.1, 0.15) is 65.0 Å². The largest absolute Gasteiger partial charge is 0.472 e. The quantitative estimate of drug-likeness (QED) is 0.510. The molecule has 2 aliphatic carbocycles. The Kier molecular flexibility index (Phi) is 5.22. The van der Waals surface area contributed by atoms with Gasteiger partial charge in [0.15, 0.2) is 6.10 Å². The van der Waals surface area contributed by atoms with Gasteiger partial charge in [-0.3, -0.25) is 9.59 Å². The molecule has 1 aromatic rings. The molecule has 1 unspecified atom stereocenters. The van der Waals surface area contributed by atoms with Crippen molar-refractivity contribution in [2.45, 2.75) is 77.3 Å². The Morgan fingerprint density at radius 1 is 1.26 bits per heavy atom. The zero-order valence-electron chi connectivity index (χ0n) is 21.0. The maximum Gasteiger partial charge on any atom is 0.335 e. The van der Waals surface area contributed by atoms with Crippen molar-refractivity contribution in [2.24, 2.45) is 28.1 Å². The van der Waals surface area contributed by atoms with Crippen molar-refractivity contribution in [3.05, 3.63) is 36.3 Å². The lowest BCUT2D eigenvalue weighted by atomic mass is 9.41. The highest BCUT2D eigenvalue weighted by Crippen LogP contribution is 2.71. The molecule has 8 atom stereocenters. The van der Waals surface area contributed by atoms with Crippen LogP contribution in [0, 0.1) is 28.1 Å². The summed E-state index contributed by atoms with van der Waals surface area (Å²) >= 11 is 0. The molecule has 2 saturated carbocycles. The van der Waals surface area contributed by atoms with E-state index in [9.17, 15) is 19.5 Å². The third-order valence-electron chi connectivity index (χ3n) is 9.96. The van der Waals surface area contributed by atoms with Crippen molar-refractivity contribution in [1.29, 1.82) is 0 Å². The normalized spacial score (nSPS) is 43.0. The fourth-order valence-corrected chi connectivity index (χ4v) is 8.08. The Bertz CT molecular complexity index is 1090. The number of methoxy groups -OCH3 is 1. The minimum absolute atomic E-state index is 0.00156. The smallest absolute Gasteiger partial charge is 0.335 e. The number of hydrogen-bond donors (Lipinski definition) is 1. The number of carbonyl (C=O) groups excluding carboxylic acids is 3. The minimum atomic E-state index is -1.50. The number of carbonyl (C=O) groups is 3. The molecule has 8 heteroatoms. The van der Waals surface area contributed by atoms with Gasteiger partial charge in [-0.1, -0.05) is 34.3 Å². The number of ketones is 1. The fraction of sp³-hybridized carbons (Fsp3) is 0.667. The van der Waals surface area contributed by atoms with Gasteiger partial charge in [-0.2, -0.15) is 0 Å². The zero-order valence-corrected chi connectivity index (χ0v) is 21.0. The Balaban J connectivity index is 1.65. The van der Waals surface area contributed by atoms with E-state index in [1.54, 1.807) is 32.4 Å². The van der Waals surface area contributed by atoms with Crippen LogP contribution in [0.4, 0.5) is 0 Å². The van der Waals surface area contributed by atoms with Crippen LogP contribution < -0.4 is 0 Å². The average Bonchev–Trinajstić information content (AvgIpc) is 3.32. The van der Waals surface area contributed by atoms with Crippen LogP contribution in [-0.2, 0) is 28.6 Å². The molecule has 2 aliphatic heterocycles. The second kappa shape index (κ2) is 7.53. The van der Waals surface area contributed by atoms with Crippen LogP contribution in [0.2, 0.25) is 0 Å². The summed E-state index contributed by atoms with van der Waals surface area (Å²) in [5.41, 5.74) is -1.92. The molecule has 8 nitrogen and oxygen atoms in total. The number of fused-ring (bicyclic) bond motifs is 3. The lowest BCUT2D eigenvalue weighted by Crippen LogP contribution is -2.74. The Morgan fingerprint density at radius 2 is 1.97 bits per heavy atom. The molecule has 0 amide bonds. The van der Waals surface area contributed by atoms with Gasteiger partial charge < -0.3 is 23.7 Å². The summed E-state index contributed by atoms with van der Waals surface area (Å²) in [5.74, 6) is -2.20. The first-order valence-corrected chi connectivity index (χ1v) is 12.2. The molecule has 1 spiro atoms. The van der Waals surface area contributed by atoms with Gasteiger partial charge in [0.1, 0.15) is 17.5 Å². The molecule has 0 aromatic carbocycles. The first-order valence-electron chi connectivity index (χ1n) is 12.2. The summed E-state index contributed by atoms with van der Waals surface area (Å²) in [5, 5.41) is 11.2. The van der Waals surface area contributed by atoms with Crippen LogP contribution in [0.25, 0.3) is 0 Å². The zero-order chi connectivity index (χ0) is 25.6. The van der Waals surface area contributed by atoms with Crippen molar-refractivity contribution in [3.63, 3.8) is 0 Å². The third kappa shape index (κ3) is 2.90. The van der Waals surface area contributed by atoms with Gasteiger partial charge >= 0.3 is 11.9 Å². The maximum absolute atomic E-state index is 13.4. The van der Waals surface area contributed by atoms with Gasteiger partial charge in [-0.25, -0.2) is 4.79 Å². The number of Topliss-reactive ketones (excluding diaryl/α,β-unsaturated/α-hetero) is 1. The van der Waals surface area contributed by atoms with E-state index in [2.05, 4.69) is 13.5 Å². The number of ether oxygens (including phenoxy) is 3. The van der Waals surface area contributed by atoms with Crippen LogP contribution in [0.3, 0.4) is 0 Å². The number of aliphatic hydroxyl groups is 1. The van der Waals surface area contributed by atoms with Crippen LogP contribution in [0.15, 0.2) is 35.2 Å². The van der Waals surface area contributed by atoms with E-state index >= 15 is 0 Å². The van der Waals surface area contributed by atoms with Crippen molar-refractivity contribution in [2.75, 3.05) is 7.11 Å². The third-order valence-corrected chi connectivity index (χ3v) is 9.96. The van der Waals surface area contributed by atoms with E-state index in [0.717, 1.165) is 11.1 Å². The molecule has 2 saturated heterocycles. The molecule has 5 rings (SSSR count). The molecule has 3 heterocycles. The number of aliphatic hydroxyl groups excluding tert-OH is 1. The first-order chi connectivity index (χ1) is 16.3. The summed E-state index contributed by atoms with van der Waals surface area (Å²) in [6.45, 7) is 12.1.